The number of halogens is 3. The van der Waals surface area contributed by atoms with Gasteiger partial charge in [-0.3, -0.25) is 9.59 Å². The van der Waals surface area contributed by atoms with E-state index in [1.807, 2.05) is 0 Å². The van der Waals surface area contributed by atoms with Gasteiger partial charge < -0.3 is 0 Å². The van der Waals surface area contributed by atoms with E-state index < -0.39 is 34.6 Å². The number of carbonyl (C=O) groups is 2. The number of alkyl halides is 3. The molecule has 2 aromatic carbocycles. The van der Waals surface area contributed by atoms with Crippen LogP contribution in [-0.2, 0) is 6.18 Å². The molecule has 0 aliphatic rings. The molecule has 0 saturated carbocycles. The maximum atomic E-state index is 12.8. The molecular formula is C15H8F3NO3. The lowest BCUT2D eigenvalue weighted by molar-refractivity contribution is -0.137. The summed E-state index contributed by atoms with van der Waals surface area (Å²) in [6, 6.07) is 9.64. The fourth-order valence-corrected chi connectivity index (χ4v) is 1.84. The highest BCUT2D eigenvalue weighted by Gasteiger charge is 2.35. The largest absolute Gasteiger partial charge is 0.418 e. The monoisotopic (exact) mass is 307 g/mol. The normalized spacial score (nSPS) is 11.0. The minimum Gasteiger partial charge on any atom is -0.285 e. The summed E-state index contributed by atoms with van der Waals surface area (Å²) in [6.07, 6.45) is -4.85. The van der Waals surface area contributed by atoms with Crippen LogP contribution in [0.3, 0.4) is 0 Å². The molecule has 0 bridgehead atoms. The first kappa shape index (κ1) is 15.6. The Balaban J connectivity index is 2.43. The highest BCUT2D eigenvalue weighted by molar-refractivity contribution is 6.49. The number of nitroso groups, excluding NO2 is 1. The third kappa shape index (κ3) is 3.08. The number of hydrogen-bond acceptors (Lipinski definition) is 4. The predicted molar refractivity (Wildman–Crippen MR) is 72.0 cm³/mol. The van der Waals surface area contributed by atoms with Crippen LogP contribution in [0, 0.1) is 4.91 Å². The minimum absolute atomic E-state index is 0.0682. The van der Waals surface area contributed by atoms with Crippen LogP contribution >= 0.6 is 0 Å². The van der Waals surface area contributed by atoms with Crippen LogP contribution < -0.4 is 0 Å². The average Bonchev–Trinajstić information content (AvgIpc) is 2.52. The summed E-state index contributed by atoms with van der Waals surface area (Å²) in [5.74, 6) is -2.02. The van der Waals surface area contributed by atoms with Crippen LogP contribution in [0.1, 0.15) is 26.3 Å². The zero-order chi connectivity index (χ0) is 16.3. The number of Topliss-reactive ketones (excluding diaryl/α,β-unsaturated/α-hetero) is 2. The molecule has 4 nitrogen and oxygen atoms in total. The summed E-state index contributed by atoms with van der Waals surface area (Å²) in [7, 11) is 0. The van der Waals surface area contributed by atoms with Crippen molar-refractivity contribution in [3.63, 3.8) is 0 Å². The predicted octanol–water partition coefficient (Wildman–Crippen LogP) is 4.17. The fraction of sp³-hybridized carbons (Fsp3) is 0.0667. The summed E-state index contributed by atoms with van der Waals surface area (Å²) in [5, 5.41) is 2.27. The Morgan fingerprint density at radius 1 is 0.864 bits per heavy atom. The second-order valence-electron chi connectivity index (χ2n) is 4.35. The van der Waals surface area contributed by atoms with Crippen molar-refractivity contribution in [2.75, 3.05) is 0 Å². The maximum absolute atomic E-state index is 12.8. The van der Waals surface area contributed by atoms with Crippen molar-refractivity contribution in [3.05, 3.63) is 70.1 Å². The molecule has 0 amide bonds. The van der Waals surface area contributed by atoms with Gasteiger partial charge in [-0.15, -0.1) is 4.91 Å². The quantitative estimate of drug-likeness (QED) is 0.484. The average molecular weight is 307 g/mol. The van der Waals surface area contributed by atoms with Crippen LogP contribution in [-0.4, -0.2) is 11.6 Å². The van der Waals surface area contributed by atoms with Crippen molar-refractivity contribution in [1.82, 2.24) is 0 Å². The topological polar surface area (TPSA) is 63.6 Å². The zero-order valence-electron chi connectivity index (χ0n) is 10.9. The zero-order valence-corrected chi connectivity index (χ0v) is 10.9. The van der Waals surface area contributed by atoms with Crippen LogP contribution in [0.15, 0.2) is 53.7 Å². The van der Waals surface area contributed by atoms with Crippen molar-refractivity contribution in [3.8, 4) is 0 Å². The summed E-state index contributed by atoms with van der Waals surface area (Å²) in [6.45, 7) is 0. The Labute approximate surface area is 122 Å². The molecule has 0 fully saturated rings. The molecule has 0 radical (unpaired) electrons. The smallest absolute Gasteiger partial charge is 0.285 e. The molecule has 22 heavy (non-hydrogen) atoms. The lowest BCUT2D eigenvalue weighted by Gasteiger charge is -2.09. The van der Waals surface area contributed by atoms with Gasteiger partial charge in [0.25, 0.3) is 0 Å². The lowest BCUT2D eigenvalue weighted by Crippen LogP contribution is -2.16. The number of ketones is 2. The van der Waals surface area contributed by atoms with Crippen molar-refractivity contribution in [2.24, 2.45) is 5.18 Å². The Hall–Kier alpha value is -2.83. The molecule has 0 aromatic heterocycles. The van der Waals surface area contributed by atoms with Crippen LogP contribution in [0.25, 0.3) is 0 Å². The van der Waals surface area contributed by atoms with Crippen LogP contribution in [0.5, 0.6) is 0 Å². The Kier molecular flexibility index (Phi) is 4.16. The van der Waals surface area contributed by atoms with Gasteiger partial charge in [-0.05, 0) is 23.4 Å². The van der Waals surface area contributed by atoms with E-state index in [9.17, 15) is 27.7 Å². The molecule has 0 aliphatic heterocycles. The van der Waals surface area contributed by atoms with Gasteiger partial charge in [-0.25, -0.2) is 0 Å². The third-order valence-electron chi connectivity index (χ3n) is 2.90. The van der Waals surface area contributed by atoms with Gasteiger partial charge in [-0.2, -0.15) is 13.2 Å². The van der Waals surface area contributed by atoms with E-state index in [1.54, 1.807) is 6.07 Å². The van der Waals surface area contributed by atoms with Crippen molar-refractivity contribution >= 4 is 17.3 Å². The molecule has 2 aromatic rings. The van der Waals surface area contributed by atoms with E-state index in [0.717, 1.165) is 12.1 Å². The van der Waals surface area contributed by atoms with Gasteiger partial charge in [0.2, 0.25) is 11.6 Å². The fourth-order valence-electron chi connectivity index (χ4n) is 1.84. The molecule has 0 heterocycles. The van der Waals surface area contributed by atoms with E-state index in [-0.39, 0.29) is 5.56 Å². The summed E-state index contributed by atoms with van der Waals surface area (Å²) >= 11 is 0. The standard InChI is InChI=1S/C15H8F3NO3/c16-15(17,18)11-8-10(6-7-12(11)19-22)14(21)13(20)9-4-2-1-3-5-9/h1-8H. The molecule has 0 spiro atoms. The summed E-state index contributed by atoms with van der Waals surface area (Å²) in [4.78, 5) is 34.4. The first-order chi connectivity index (χ1) is 10.3. The Bertz CT molecular complexity index is 739. The van der Waals surface area contributed by atoms with Crippen LogP contribution in [0.2, 0.25) is 0 Å². The third-order valence-corrected chi connectivity index (χ3v) is 2.90. The Morgan fingerprint density at radius 2 is 1.45 bits per heavy atom. The molecular weight excluding hydrogens is 299 g/mol. The molecule has 0 N–H and O–H groups in total. The number of rotatable bonds is 4. The highest BCUT2D eigenvalue weighted by atomic mass is 19.4. The van der Waals surface area contributed by atoms with E-state index in [0.29, 0.717) is 6.07 Å². The van der Waals surface area contributed by atoms with Gasteiger partial charge in [0.05, 0.1) is 5.56 Å². The van der Waals surface area contributed by atoms with Crippen molar-refractivity contribution < 1.29 is 22.8 Å². The van der Waals surface area contributed by atoms with Gasteiger partial charge in [-0.1, -0.05) is 30.3 Å². The molecule has 112 valence electrons. The van der Waals surface area contributed by atoms with Crippen molar-refractivity contribution in [1.29, 1.82) is 0 Å². The second-order valence-corrected chi connectivity index (χ2v) is 4.35. The van der Waals surface area contributed by atoms with Crippen LogP contribution in [0.4, 0.5) is 18.9 Å². The SMILES string of the molecule is O=Nc1ccc(C(=O)C(=O)c2ccccc2)cc1C(F)(F)F. The van der Waals surface area contributed by atoms with Gasteiger partial charge in [0.15, 0.2) is 0 Å². The minimum atomic E-state index is -4.85. The first-order valence-electron chi connectivity index (χ1n) is 6.03. The number of carbonyl (C=O) groups excluding carboxylic acids is 2. The number of hydrogen-bond donors (Lipinski definition) is 0. The molecule has 0 saturated heterocycles. The number of benzene rings is 2. The second kappa shape index (κ2) is 5.88. The number of nitrogens with zero attached hydrogens (tertiary/aromatic N) is 1. The maximum Gasteiger partial charge on any atom is 0.418 e. The van der Waals surface area contributed by atoms with Gasteiger partial charge >= 0.3 is 6.18 Å². The van der Waals surface area contributed by atoms with Gasteiger partial charge in [0.1, 0.15) is 5.69 Å². The molecule has 0 aliphatic carbocycles. The molecule has 0 atom stereocenters. The molecule has 7 heteroatoms. The van der Waals surface area contributed by atoms with E-state index in [2.05, 4.69) is 5.18 Å². The molecule has 2 rings (SSSR count). The highest BCUT2D eigenvalue weighted by Crippen LogP contribution is 2.37. The van der Waals surface area contributed by atoms with E-state index in [4.69, 9.17) is 0 Å². The summed E-state index contributed by atoms with van der Waals surface area (Å²) in [5.41, 5.74) is -2.57. The summed E-state index contributed by atoms with van der Waals surface area (Å²) < 4.78 is 38.4. The van der Waals surface area contributed by atoms with Crippen molar-refractivity contribution in [2.45, 2.75) is 6.18 Å². The Morgan fingerprint density at radius 3 is 2.00 bits per heavy atom. The first-order valence-corrected chi connectivity index (χ1v) is 6.03. The molecule has 0 unspecified atom stereocenters. The van der Waals surface area contributed by atoms with E-state index in [1.165, 1.54) is 24.3 Å². The van der Waals surface area contributed by atoms with E-state index >= 15 is 0 Å². The lowest BCUT2D eigenvalue weighted by atomic mass is 9.99. The van der Waals surface area contributed by atoms with Gasteiger partial charge in [0, 0.05) is 11.1 Å².